The number of aromatic nitrogens is 2. The number of carbonyl (C=O) groups excluding carboxylic acids is 1. The van der Waals surface area contributed by atoms with Crippen LogP contribution in [0.3, 0.4) is 0 Å². The Morgan fingerprint density at radius 2 is 1.84 bits per heavy atom. The van der Waals surface area contributed by atoms with Crippen molar-refractivity contribution in [1.29, 1.82) is 0 Å². The minimum absolute atomic E-state index is 0.0952. The molecule has 2 aromatic heterocycles. The van der Waals surface area contributed by atoms with Gasteiger partial charge in [0.25, 0.3) is 0 Å². The second-order valence-corrected chi connectivity index (χ2v) is 7.21. The number of nitrogen functional groups attached to an aromatic ring is 2. The van der Waals surface area contributed by atoms with Crippen LogP contribution in [0.5, 0.6) is 11.5 Å². The van der Waals surface area contributed by atoms with Crippen molar-refractivity contribution < 1.29 is 18.7 Å². The summed E-state index contributed by atoms with van der Waals surface area (Å²) in [6, 6.07) is 10.1. The van der Waals surface area contributed by atoms with Crippen LogP contribution in [0.2, 0.25) is 5.02 Å². The van der Waals surface area contributed by atoms with E-state index in [2.05, 4.69) is 9.97 Å². The van der Waals surface area contributed by atoms with Crippen LogP contribution in [0.25, 0.3) is 11.0 Å². The Kier molecular flexibility index (Phi) is 5.39. The number of halogens is 1. The maximum atomic E-state index is 13.0. The molecule has 4 N–H and O–H groups in total. The van der Waals surface area contributed by atoms with Gasteiger partial charge < -0.3 is 25.4 Å². The maximum Gasteiger partial charge on any atom is 0.228 e. The summed E-state index contributed by atoms with van der Waals surface area (Å²) in [6.07, 6.45) is 1.94. The van der Waals surface area contributed by atoms with Gasteiger partial charge in [0.2, 0.25) is 17.5 Å². The molecule has 0 fully saturated rings. The van der Waals surface area contributed by atoms with Crippen molar-refractivity contribution in [2.24, 2.45) is 0 Å². The van der Waals surface area contributed by atoms with Crippen molar-refractivity contribution in [3.63, 3.8) is 0 Å². The molecule has 0 radical (unpaired) electrons. The van der Waals surface area contributed by atoms with Crippen LogP contribution in [0.1, 0.15) is 27.2 Å². The molecule has 8 nitrogen and oxygen atoms in total. The van der Waals surface area contributed by atoms with Gasteiger partial charge in [-0.1, -0.05) is 11.6 Å². The number of ether oxygens (including phenoxy) is 2. The van der Waals surface area contributed by atoms with Crippen LogP contribution in [-0.2, 0) is 6.42 Å². The largest absolute Gasteiger partial charge is 0.493 e. The van der Waals surface area contributed by atoms with Crippen molar-refractivity contribution in [2.75, 3.05) is 25.7 Å². The van der Waals surface area contributed by atoms with Gasteiger partial charge in [0.1, 0.15) is 5.82 Å². The number of nitrogens with two attached hydrogens (primary N) is 2. The monoisotopic (exact) mass is 438 g/mol. The average molecular weight is 439 g/mol. The van der Waals surface area contributed by atoms with Gasteiger partial charge in [-0.15, -0.1) is 0 Å². The minimum atomic E-state index is -0.282. The summed E-state index contributed by atoms with van der Waals surface area (Å²) in [7, 11) is 3.03. The van der Waals surface area contributed by atoms with Crippen molar-refractivity contribution in [3.05, 3.63) is 70.1 Å². The first-order valence-corrected chi connectivity index (χ1v) is 9.63. The number of benzene rings is 2. The molecule has 0 atom stereocenters. The van der Waals surface area contributed by atoms with E-state index in [9.17, 15) is 4.79 Å². The Morgan fingerprint density at radius 3 is 2.48 bits per heavy atom. The molecule has 31 heavy (non-hydrogen) atoms. The van der Waals surface area contributed by atoms with E-state index in [-0.39, 0.29) is 23.3 Å². The van der Waals surface area contributed by atoms with E-state index >= 15 is 0 Å². The average Bonchev–Trinajstić information content (AvgIpc) is 3.21. The normalized spacial score (nSPS) is 10.9. The van der Waals surface area contributed by atoms with Gasteiger partial charge in [-0.3, -0.25) is 4.79 Å². The SMILES string of the molecule is COc1cc(Cc2cnc(N)nc2N)c2cc(C(=O)c3ccc(Cl)cc3)oc2c1OC. The lowest BCUT2D eigenvalue weighted by atomic mass is 10.0. The van der Waals surface area contributed by atoms with Gasteiger partial charge >= 0.3 is 0 Å². The van der Waals surface area contributed by atoms with Crippen molar-refractivity contribution in [3.8, 4) is 11.5 Å². The number of rotatable bonds is 6. The summed E-state index contributed by atoms with van der Waals surface area (Å²) in [5, 5.41) is 1.23. The first-order chi connectivity index (χ1) is 14.9. The molecule has 0 amide bonds. The molecule has 0 aliphatic carbocycles. The fourth-order valence-electron chi connectivity index (χ4n) is 3.33. The summed E-state index contributed by atoms with van der Waals surface area (Å²) in [4.78, 5) is 21.0. The van der Waals surface area contributed by atoms with Crippen molar-refractivity contribution in [2.45, 2.75) is 6.42 Å². The lowest BCUT2D eigenvalue weighted by Crippen LogP contribution is -2.04. The molecule has 0 aliphatic rings. The Morgan fingerprint density at radius 1 is 1.10 bits per heavy atom. The van der Waals surface area contributed by atoms with Gasteiger partial charge in [-0.05, 0) is 42.0 Å². The van der Waals surface area contributed by atoms with Crippen LogP contribution in [0, 0.1) is 0 Å². The van der Waals surface area contributed by atoms with Crippen LogP contribution < -0.4 is 20.9 Å². The van der Waals surface area contributed by atoms with Gasteiger partial charge in [-0.2, -0.15) is 4.98 Å². The molecule has 2 heterocycles. The van der Waals surface area contributed by atoms with E-state index in [0.717, 1.165) is 5.56 Å². The summed E-state index contributed by atoms with van der Waals surface area (Å²) < 4.78 is 16.9. The zero-order valence-corrected chi connectivity index (χ0v) is 17.6. The van der Waals surface area contributed by atoms with E-state index < -0.39 is 0 Å². The quantitative estimate of drug-likeness (QED) is 0.434. The molecule has 0 saturated carbocycles. The topological polar surface area (TPSA) is 126 Å². The molecule has 0 spiro atoms. The Bertz CT molecular complexity index is 1290. The molecule has 158 valence electrons. The van der Waals surface area contributed by atoms with E-state index in [1.807, 2.05) is 6.07 Å². The number of hydrogen-bond acceptors (Lipinski definition) is 8. The Balaban J connectivity index is 1.85. The maximum absolute atomic E-state index is 13.0. The standard InChI is InChI=1S/C22H19ClN4O4/c1-29-17-8-12(7-13-10-26-22(25)27-21(13)24)15-9-16(31-19(15)20(17)30-2)18(28)11-3-5-14(23)6-4-11/h3-6,8-10H,7H2,1-2H3,(H4,24,25,26,27). The third-order valence-corrected chi connectivity index (χ3v) is 5.12. The summed E-state index contributed by atoms with van der Waals surface area (Å²) in [5.74, 6) is 1.09. The predicted molar refractivity (Wildman–Crippen MR) is 118 cm³/mol. The molecule has 9 heteroatoms. The number of fused-ring (bicyclic) bond motifs is 1. The molecule has 4 aromatic rings. The molecule has 0 unspecified atom stereocenters. The number of ketones is 1. The van der Waals surface area contributed by atoms with Crippen LogP contribution >= 0.6 is 11.6 Å². The Labute approximate surface area is 182 Å². The highest BCUT2D eigenvalue weighted by Crippen LogP contribution is 2.41. The summed E-state index contributed by atoms with van der Waals surface area (Å²) in [6.45, 7) is 0. The third kappa shape index (κ3) is 3.85. The van der Waals surface area contributed by atoms with Gasteiger partial charge in [0.05, 0.1) is 14.2 Å². The van der Waals surface area contributed by atoms with Crippen LogP contribution in [0.15, 0.2) is 47.0 Å². The van der Waals surface area contributed by atoms with E-state index in [1.165, 1.54) is 14.2 Å². The Hall–Kier alpha value is -3.78. The molecule has 0 saturated heterocycles. The third-order valence-electron chi connectivity index (χ3n) is 4.87. The lowest BCUT2D eigenvalue weighted by molar-refractivity contribution is 0.101. The molecule has 0 aliphatic heterocycles. The highest BCUT2D eigenvalue weighted by atomic mass is 35.5. The first-order valence-electron chi connectivity index (χ1n) is 9.25. The van der Waals surface area contributed by atoms with Gasteiger partial charge in [0.15, 0.2) is 17.1 Å². The second-order valence-electron chi connectivity index (χ2n) is 6.78. The lowest BCUT2D eigenvalue weighted by Gasteiger charge is -2.12. The van der Waals surface area contributed by atoms with Crippen LogP contribution in [0.4, 0.5) is 11.8 Å². The van der Waals surface area contributed by atoms with E-state index in [0.29, 0.717) is 45.0 Å². The summed E-state index contributed by atoms with van der Waals surface area (Å²) in [5.41, 5.74) is 13.9. The highest BCUT2D eigenvalue weighted by Gasteiger charge is 2.22. The van der Waals surface area contributed by atoms with Crippen molar-refractivity contribution in [1.82, 2.24) is 9.97 Å². The molecule has 0 bridgehead atoms. The number of nitrogens with zero attached hydrogens (tertiary/aromatic N) is 2. The van der Waals surface area contributed by atoms with Crippen molar-refractivity contribution >= 4 is 40.1 Å². The number of anilines is 2. The number of carbonyl (C=O) groups is 1. The molecular formula is C22H19ClN4O4. The fourth-order valence-corrected chi connectivity index (χ4v) is 3.46. The van der Waals surface area contributed by atoms with E-state index in [1.54, 1.807) is 36.5 Å². The number of furan rings is 1. The smallest absolute Gasteiger partial charge is 0.228 e. The highest BCUT2D eigenvalue weighted by molar-refractivity contribution is 6.30. The zero-order valence-electron chi connectivity index (χ0n) is 16.8. The van der Waals surface area contributed by atoms with Gasteiger partial charge in [0, 0.05) is 34.2 Å². The minimum Gasteiger partial charge on any atom is -0.493 e. The zero-order chi connectivity index (χ0) is 22.1. The number of hydrogen-bond donors (Lipinski definition) is 2. The molecule has 4 rings (SSSR count). The molecular weight excluding hydrogens is 420 g/mol. The van der Waals surface area contributed by atoms with E-state index in [4.69, 9.17) is 37.0 Å². The molecule has 2 aromatic carbocycles. The predicted octanol–water partition coefficient (Wildman–Crippen LogP) is 3.88. The van der Waals surface area contributed by atoms with Gasteiger partial charge in [-0.25, -0.2) is 4.98 Å². The number of methoxy groups -OCH3 is 2. The first kappa shape index (κ1) is 20.5. The second kappa shape index (κ2) is 8.16. The fraction of sp³-hybridized carbons (Fsp3) is 0.136. The summed E-state index contributed by atoms with van der Waals surface area (Å²) >= 11 is 5.93. The van der Waals surface area contributed by atoms with Crippen LogP contribution in [-0.4, -0.2) is 30.0 Å².